The largest absolute Gasteiger partial charge is 0.339 e. The zero-order chi connectivity index (χ0) is 16.5. The van der Waals surface area contributed by atoms with E-state index in [9.17, 15) is 0 Å². The third-order valence-electron chi connectivity index (χ3n) is 3.86. The molecule has 1 aliphatic rings. The standard InChI is InChI=1S/C17H19N5OS/c1-11(2)16-18-14(21-23-16)10-24-17-19-15(12-8-9-12)22(20-17)13-6-4-3-5-7-13/h3-7,11-12H,8-10H2,1-2H3. The van der Waals surface area contributed by atoms with Crippen LogP contribution in [-0.4, -0.2) is 24.9 Å². The summed E-state index contributed by atoms with van der Waals surface area (Å²) in [5.41, 5.74) is 1.06. The van der Waals surface area contributed by atoms with Crippen molar-refractivity contribution in [1.29, 1.82) is 0 Å². The van der Waals surface area contributed by atoms with Crippen molar-refractivity contribution in [3.63, 3.8) is 0 Å². The Kier molecular flexibility index (Phi) is 4.10. The van der Waals surface area contributed by atoms with Gasteiger partial charge in [0.2, 0.25) is 11.0 Å². The molecule has 0 N–H and O–H groups in total. The van der Waals surface area contributed by atoms with E-state index in [0.29, 0.717) is 23.4 Å². The average Bonchev–Trinajstić information content (AvgIpc) is 3.17. The van der Waals surface area contributed by atoms with Gasteiger partial charge in [-0.05, 0) is 25.0 Å². The van der Waals surface area contributed by atoms with Crippen molar-refractivity contribution in [2.45, 2.75) is 49.4 Å². The molecule has 24 heavy (non-hydrogen) atoms. The summed E-state index contributed by atoms with van der Waals surface area (Å²) in [6, 6.07) is 10.2. The predicted molar refractivity (Wildman–Crippen MR) is 91.3 cm³/mol. The molecule has 1 aliphatic carbocycles. The first-order chi connectivity index (χ1) is 11.7. The SMILES string of the molecule is CC(C)c1nc(CSc2nc(C3CC3)n(-c3ccccc3)n2)no1. The van der Waals surface area contributed by atoms with E-state index < -0.39 is 0 Å². The van der Waals surface area contributed by atoms with E-state index in [1.165, 1.54) is 12.8 Å². The Bertz CT molecular complexity index is 823. The van der Waals surface area contributed by atoms with E-state index >= 15 is 0 Å². The van der Waals surface area contributed by atoms with Gasteiger partial charge >= 0.3 is 0 Å². The number of rotatable bonds is 6. The zero-order valence-electron chi connectivity index (χ0n) is 13.7. The highest BCUT2D eigenvalue weighted by Crippen LogP contribution is 2.40. The lowest BCUT2D eigenvalue weighted by Gasteiger charge is -2.03. The number of benzene rings is 1. The minimum atomic E-state index is 0.244. The first-order valence-electron chi connectivity index (χ1n) is 8.18. The highest BCUT2D eigenvalue weighted by atomic mass is 32.2. The molecule has 0 spiro atoms. The van der Waals surface area contributed by atoms with E-state index in [1.54, 1.807) is 11.8 Å². The van der Waals surface area contributed by atoms with Gasteiger partial charge in [0, 0.05) is 11.8 Å². The lowest BCUT2D eigenvalue weighted by Crippen LogP contribution is -2.01. The molecule has 0 radical (unpaired) electrons. The van der Waals surface area contributed by atoms with Crippen LogP contribution in [0.4, 0.5) is 0 Å². The molecule has 0 aliphatic heterocycles. The van der Waals surface area contributed by atoms with Crippen molar-refractivity contribution in [2.75, 3.05) is 0 Å². The van der Waals surface area contributed by atoms with Crippen molar-refractivity contribution in [2.24, 2.45) is 0 Å². The normalized spacial score (nSPS) is 14.5. The molecule has 7 heteroatoms. The molecule has 0 saturated heterocycles. The van der Waals surface area contributed by atoms with Crippen molar-refractivity contribution in [1.82, 2.24) is 24.9 Å². The van der Waals surface area contributed by atoms with E-state index in [0.717, 1.165) is 16.7 Å². The van der Waals surface area contributed by atoms with Crippen molar-refractivity contribution < 1.29 is 4.52 Å². The maximum Gasteiger partial charge on any atom is 0.229 e. The third kappa shape index (κ3) is 3.21. The molecule has 1 fully saturated rings. The predicted octanol–water partition coefficient (Wildman–Crippen LogP) is 3.94. The Morgan fingerprint density at radius 1 is 1.21 bits per heavy atom. The smallest absolute Gasteiger partial charge is 0.229 e. The molecule has 2 heterocycles. The second kappa shape index (κ2) is 6.39. The molecule has 3 aromatic rings. The number of nitrogens with zero attached hydrogens (tertiary/aromatic N) is 5. The molecule has 1 aromatic carbocycles. The van der Waals surface area contributed by atoms with Crippen molar-refractivity contribution in [3.05, 3.63) is 47.9 Å². The van der Waals surface area contributed by atoms with Crippen molar-refractivity contribution in [3.8, 4) is 5.69 Å². The Morgan fingerprint density at radius 3 is 2.67 bits per heavy atom. The summed E-state index contributed by atoms with van der Waals surface area (Å²) in [5.74, 6) is 3.80. The molecule has 0 atom stereocenters. The molecule has 0 bridgehead atoms. The summed E-state index contributed by atoms with van der Waals surface area (Å²) in [7, 11) is 0. The van der Waals surface area contributed by atoms with Crippen LogP contribution in [-0.2, 0) is 5.75 Å². The zero-order valence-corrected chi connectivity index (χ0v) is 14.5. The van der Waals surface area contributed by atoms with Gasteiger partial charge in [0.25, 0.3) is 0 Å². The fourth-order valence-electron chi connectivity index (χ4n) is 2.42. The topological polar surface area (TPSA) is 69.6 Å². The van der Waals surface area contributed by atoms with Crippen LogP contribution in [0.3, 0.4) is 0 Å². The summed E-state index contributed by atoms with van der Waals surface area (Å²) in [5, 5.41) is 9.46. The van der Waals surface area contributed by atoms with Gasteiger partial charge in [-0.3, -0.25) is 0 Å². The average molecular weight is 341 g/mol. The molecule has 0 amide bonds. The summed E-state index contributed by atoms with van der Waals surface area (Å²) < 4.78 is 7.21. The minimum Gasteiger partial charge on any atom is -0.339 e. The van der Waals surface area contributed by atoms with E-state index in [-0.39, 0.29) is 5.92 Å². The van der Waals surface area contributed by atoms with Crippen LogP contribution in [0.15, 0.2) is 40.0 Å². The van der Waals surface area contributed by atoms with Gasteiger partial charge in [-0.25, -0.2) is 9.67 Å². The van der Waals surface area contributed by atoms with Crippen LogP contribution < -0.4 is 0 Å². The quantitative estimate of drug-likeness (QED) is 0.632. The minimum absolute atomic E-state index is 0.244. The van der Waals surface area contributed by atoms with Gasteiger partial charge < -0.3 is 4.52 Å². The van der Waals surface area contributed by atoms with E-state index in [2.05, 4.69) is 27.4 Å². The van der Waals surface area contributed by atoms with Gasteiger partial charge in [0.15, 0.2) is 5.82 Å². The second-order valence-corrected chi connectivity index (χ2v) is 7.21. The van der Waals surface area contributed by atoms with Crippen molar-refractivity contribution >= 4 is 11.8 Å². The van der Waals surface area contributed by atoms with Crippen LogP contribution in [0.25, 0.3) is 5.69 Å². The summed E-state index contributed by atoms with van der Waals surface area (Å²) in [6.45, 7) is 4.07. The molecule has 124 valence electrons. The van der Waals surface area contributed by atoms with Crippen LogP contribution in [0, 0.1) is 0 Å². The molecular formula is C17H19N5OS. The molecule has 2 aromatic heterocycles. The third-order valence-corrected chi connectivity index (χ3v) is 4.70. The lowest BCUT2D eigenvalue weighted by molar-refractivity contribution is 0.362. The molecule has 4 rings (SSSR count). The van der Waals surface area contributed by atoms with Crippen LogP contribution in [0.1, 0.15) is 56.1 Å². The summed E-state index contributed by atoms with van der Waals surface area (Å²) in [4.78, 5) is 9.13. The van der Waals surface area contributed by atoms with Gasteiger partial charge in [-0.2, -0.15) is 4.98 Å². The fraction of sp³-hybridized carbons (Fsp3) is 0.412. The number of aromatic nitrogens is 5. The second-order valence-electron chi connectivity index (χ2n) is 6.27. The highest BCUT2D eigenvalue weighted by molar-refractivity contribution is 7.98. The molecular weight excluding hydrogens is 322 g/mol. The highest BCUT2D eigenvalue weighted by Gasteiger charge is 2.30. The molecule has 1 saturated carbocycles. The number of thioether (sulfide) groups is 1. The van der Waals surface area contributed by atoms with Gasteiger partial charge in [0.05, 0.1) is 11.4 Å². The Morgan fingerprint density at radius 2 is 2.00 bits per heavy atom. The Labute approximate surface area is 144 Å². The molecule has 0 unspecified atom stereocenters. The van der Waals surface area contributed by atoms with Gasteiger partial charge in [-0.1, -0.05) is 49.0 Å². The first-order valence-corrected chi connectivity index (χ1v) is 9.17. The number of para-hydroxylation sites is 1. The van der Waals surface area contributed by atoms with Crippen LogP contribution in [0.5, 0.6) is 0 Å². The van der Waals surface area contributed by atoms with Gasteiger partial charge in [0.1, 0.15) is 5.82 Å². The monoisotopic (exact) mass is 341 g/mol. The van der Waals surface area contributed by atoms with Crippen LogP contribution in [0.2, 0.25) is 0 Å². The molecule has 6 nitrogen and oxygen atoms in total. The Balaban J connectivity index is 1.53. The van der Waals surface area contributed by atoms with E-state index in [4.69, 9.17) is 9.51 Å². The summed E-state index contributed by atoms with van der Waals surface area (Å²) >= 11 is 1.55. The number of hydrogen-bond acceptors (Lipinski definition) is 6. The van der Waals surface area contributed by atoms with Gasteiger partial charge in [-0.15, -0.1) is 5.10 Å². The Hall–Kier alpha value is -2.15. The maximum absolute atomic E-state index is 5.24. The fourth-order valence-corrected chi connectivity index (χ4v) is 3.09. The van der Waals surface area contributed by atoms with Crippen LogP contribution >= 0.6 is 11.8 Å². The lowest BCUT2D eigenvalue weighted by atomic mass is 10.2. The maximum atomic E-state index is 5.24. The number of hydrogen-bond donors (Lipinski definition) is 0. The first kappa shape index (κ1) is 15.4. The summed E-state index contributed by atoms with van der Waals surface area (Å²) in [6.07, 6.45) is 2.39. The van der Waals surface area contributed by atoms with E-state index in [1.807, 2.05) is 36.7 Å².